The second-order valence-corrected chi connectivity index (χ2v) is 7.17. The van der Waals surface area contributed by atoms with Gasteiger partial charge in [-0.15, -0.1) is 0 Å². The lowest BCUT2D eigenvalue weighted by Crippen LogP contribution is -1.87. The van der Waals surface area contributed by atoms with Gasteiger partial charge in [0.25, 0.3) is 0 Å². The van der Waals surface area contributed by atoms with Gasteiger partial charge in [-0.05, 0) is 23.3 Å². The van der Waals surface area contributed by atoms with Gasteiger partial charge in [-0.2, -0.15) is 0 Å². The molecule has 2 aromatic heterocycles. The second-order valence-electron chi connectivity index (χ2n) is 7.17. The van der Waals surface area contributed by atoms with Crippen molar-refractivity contribution in [1.29, 1.82) is 0 Å². The van der Waals surface area contributed by atoms with Crippen molar-refractivity contribution in [3.63, 3.8) is 0 Å². The number of nitrogens with zero attached hydrogens (tertiary/aromatic N) is 2. The highest BCUT2D eigenvalue weighted by Gasteiger charge is 2.05. The van der Waals surface area contributed by atoms with E-state index < -0.39 is 0 Å². The molecule has 0 aliphatic heterocycles. The number of benzene rings is 3. The van der Waals surface area contributed by atoms with E-state index in [1.807, 2.05) is 48.8 Å². The van der Waals surface area contributed by atoms with Crippen LogP contribution in [-0.4, -0.2) is 9.97 Å². The smallest absolute Gasteiger partial charge is 0.0702 e. The Morgan fingerprint density at radius 3 is 1.00 bits per heavy atom. The van der Waals surface area contributed by atoms with Crippen molar-refractivity contribution >= 4 is 0 Å². The van der Waals surface area contributed by atoms with Crippen LogP contribution in [0.25, 0.3) is 44.8 Å². The largest absolute Gasteiger partial charge is 0.256 e. The first-order valence-corrected chi connectivity index (χ1v) is 10.0. The summed E-state index contributed by atoms with van der Waals surface area (Å²) in [6.07, 6.45) is 3.87. The lowest BCUT2D eigenvalue weighted by atomic mass is 10.0. The van der Waals surface area contributed by atoms with E-state index in [1.54, 1.807) is 0 Å². The fraction of sp³-hybridized carbons (Fsp3) is 0. The molecule has 30 heavy (non-hydrogen) atoms. The molecule has 0 saturated heterocycles. The van der Waals surface area contributed by atoms with Gasteiger partial charge in [-0.25, -0.2) is 0 Å². The molecule has 3 aromatic carbocycles. The van der Waals surface area contributed by atoms with Gasteiger partial charge in [0.2, 0.25) is 0 Å². The molecule has 2 nitrogen and oxygen atoms in total. The minimum atomic E-state index is 0.966. The second kappa shape index (κ2) is 8.14. The molecule has 0 unspecified atom stereocenters. The molecule has 0 atom stereocenters. The van der Waals surface area contributed by atoms with Crippen LogP contribution in [0.5, 0.6) is 0 Å². The van der Waals surface area contributed by atoms with Crippen molar-refractivity contribution < 1.29 is 0 Å². The van der Waals surface area contributed by atoms with E-state index in [0.717, 1.165) is 33.6 Å². The minimum Gasteiger partial charge on any atom is -0.256 e. The van der Waals surface area contributed by atoms with E-state index in [0.29, 0.717) is 0 Å². The Bertz CT molecular complexity index is 1120. The predicted octanol–water partition coefficient (Wildman–Crippen LogP) is 7.14. The number of pyridine rings is 2. The predicted molar refractivity (Wildman–Crippen MR) is 124 cm³/mol. The quantitative estimate of drug-likeness (QED) is 0.329. The summed E-state index contributed by atoms with van der Waals surface area (Å²) in [7, 11) is 0. The Morgan fingerprint density at radius 2 is 0.667 bits per heavy atom. The van der Waals surface area contributed by atoms with Crippen molar-refractivity contribution in [3.05, 3.63) is 122 Å². The van der Waals surface area contributed by atoms with E-state index in [-0.39, 0.29) is 0 Å². The standard InChI is InChI=1S/C28H20N2/c1-3-7-21(8-4-1)25-15-17-27(29-19-25)23-11-13-24(14-12-23)28-18-16-26(20-30-28)22-9-5-2-6-10-22/h1-20H. The van der Waals surface area contributed by atoms with Gasteiger partial charge in [0.05, 0.1) is 11.4 Å². The first-order chi connectivity index (χ1) is 14.9. The molecule has 142 valence electrons. The van der Waals surface area contributed by atoms with Crippen molar-refractivity contribution in [2.45, 2.75) is 0 Å². The molecule has 0 amide bonds. The number of hydrogen-bond donors (Lipinski definition) is 0. The molecule has 2 heteroatoms. The molecule has 5 aromatic rings. The molecule has 0 fully saturated rings. The summed E-state index contributed by atoms with van der Waals surface area (Å²) < 4.78 is 0. The Labute approximate surface area is 176 Å². The van der Waals surface area contributed by atoms with E-state index in [2.05, 4.69) is 82.8 Å². The Morgan fingerprint density at radius 1 is 0.300 bits per heavy atom. The summed E-state index contributed by atoms with van der Waals surface area (Å²) in [4.78, 5) is 9.31. The summed E-state index contributed by atoms with van der Waals surface area (Å²) in [6.45, 7) is 0. The molecule has 0 spiro atoms. The van der Waals surface area contributed by atoms with Crippen LogP contribution in [0.2, 0.25) is 0 Å². The fourth-order valence-corrected chi connectivity index (χ4v) is 3.54. The van der Waals surface area contributed by atoms with Gasteiger partial charge in [0, 0.05) is 34.6 Å². The zero-order valence-electron chi connectivity index (χ0n) is 16.4. The molecule has 0 N–H and O–H groups in total. The van der Waals surface area contributed by atoms with E-state index >= 15 is 0 Å². The van der Waals surface area contributed by atoms with Crippen molar-refractivity contribution in [1.82, 2.24) is 9.97 Å². The summed E-state index contributed by atoms with van der Waals surface area (Å²) in [5, 5.41) is 0. The fourth-order valence-electron chi connectivity index (χ4n) is 3.54. The third-order valence-corrected chi connectivity index (χ3v) is 5.22. The third kappa shape index (κ3) is 3.76. The molecule has 0 aliphatic rings. The van der Waals surface area contributed by atoms with Crippen LogP contribution in [0.15, 0.2) is 122 Å². The summed E-state index contributed by atoms with van der Waals surface area (Å²) in [5.74, 6) is 0. The van der Waals surface area contributed by atoms with Crippen LogP contribution >= 0.6 is 0 Å². The number of rotatable bonds is 4. The van der Waals surface area contributed by atoms with Crippen molar-refractivity contribution in [3.8, 4) is 44.8 Å². The van der Waals surface area contributed by atoms with Gasteiger partial charge in [0.1, 0.15) is 0 Å². The van der Waals surface area contributed by atoms with Gasteiger partial charge in [-0.3, -0.25) is 9.97 Å². The maximum Gasteiger partial charge on any atom is 0.0702 e. The van der Waals surface area contributed by atoms with Crippen LogP contribution < -0.4 is 0 Å². The van der Waals surface area contributed by atoms with Crippen molar-refractivity contribution in [2.24, 2.45) is 0 Å². The molecule has 0 aliphatic carbocycles. The van der Waals surface area contributed by atoms with Crippen LogP contribution in [0.4, 0.5) is 0 Å². The topological polar surface area (TPSA) is 25.8 Å². The molecule has 0 radical (unpaired) electrons. The first kappa shape index (κ1) is 18.0. The zero-order valence-corrected chi connectivity index (χ0v) is 16.4. The maximum absolute atomic E-state index is 4.66. The molecule has 0 bridgehead atoms. The van der Waals surface area contributed by atoms with Gasteiger partial charge in [-0.1, -0.05) is 97.1 Å². The highest BCUT2D eigenvalue weighted by atomic mass is 14.7. The van der Waals surface area contributed by atoms with Crippen LogP contribution in [0.3, 0.4) is 0 Å². The van der Waals surface area contributed by atoms with Gasteiger partial charge in [0.15, 0.2) is 0 Å². The Balaban J connectivity index is 1.35. The highest BCUT2D eigenvalue weighted by Crippen LogP contribution is 2.26. The number of aromatic nitrogens is 2. The van der Waals surface area contributed by atoms with E-state index in [1.165, 1.54) is 11.1 Å². The Hall–Kier alpha value is -4.04. The van der Waals surface area contributed by atoms with Crippen LogP contribution in [-0.2, 0) is 0 Å². The summed E-state index contributed by atoms with van der Waals surface area (Å²) in [6, 6.07) is 37.4. The van der Waals surface area contributed by atoms with Gasteiger partial charge < -0.3 is 0 Å². The number of hydrogen-bond acceptors (Lipinski definition) is 2. The normalized spacial score (nSPS) is 10.7. The van der Waals surface area contributed by atoms with Crippen LogP contribution in [0.1, 0.15) is 0 Å². The molecular formula is C28H20N2. The van der Waals surface area contributed by atoms with E-state index in [9.17, 15) is 0 Å². The van der Waals surface area contributed by atoms with Crippen molar-refractivity contribution in [2.75, 3.05) is 0 Å². The molecular weight excluding hydrogens is 364 g/mol. The maximum atomic E-state index is 4.66. The monoisotopic (exact) mass is 384 g/mol. The van der Waals surface area contributed by atoms with Gasteiger partial charge >= 0.3 is 0 Å². The molecule has 0 saturated carbocycles. The zero-order chi connectivity index (χ0) is 20.2. The molecule has 2 heterocycles. The minimum absolute atomic E-state index is 0.966. The SMILES string of the molecule is c1ccc(-c2ccc(-c3ccc(-c4ccc(-c5ccccc5)cn4)cc3)nc2)cc1. The summed E-state index contributed by atoms with van der Waals surface area (Å²) >= 11 is 0. The lowest BCUT2D eigenvalue weighted by Gasteiger charge is -2.07. The average molecular weight is 384 g/mol. The lowest BCUT2D eigenvalue weighted by molar-refractivity contribution is 1.31. The van der Waals surface area contributed by atoms with E-state index in [4.69, 9.17) is 0 Å². The Kier molecular flexibility index (Phi) is 4.89. The average Bonchev–Trinajstić information content (AvgIpc) is 2.85. The van der Waals surface area contributed by atoms with Crippen LogP contribution in [0, 0.1) is 0 Å². The summed E-state index contributed by atoms with van der Waals surface area (Å²) in [5.41, 5.74) is 8.73. The third-order valence-electron chi connectivity index (χ3n) is 5.22. The molecule has 5 rings (SSSR count). The first-order valence-electron chi connectivity index (χ1n) is 10.0. The highest BCUT2D eigenvalue weighted by molar-refractivity contribution is 5.71.